The van der Waals surface area contributed by atoms with E-state index in [4.69, 9.17) is 4.74 Å². The van der Waals surface area contributed by atoms with Crippen LogP contribution in [0.3, 0.4) is 0 Å². The lowest BCUT2D eigenvalue weighted by molar-refractivity contribution is -0.167. The van der Waals surface area contributed by atoms with E-state index in [0.717, 1.165) is 77.0 Å². The molecule has 0 amide bonds. The first-order valence-electron chi connectivity index (χ1n) is 11.8. The third-order valence-corrected chi connectivity index (χ3v) is 5.76. The summed E-state index contributed by atoms with van der Waals surface area (Å²) in [5.41, 5.74) is 0. The van der Waals surface area contributed by atoms with Gasteiger partial charge in [-0.1, -0.05) is 78.4 Å². The van der Waals surface area contributed by atoms with Crippen molar-refractivity contribution in [3.63, 3.8) is 0 Å². The summed E-state index contributed by atoms with van der Waals surface area (Å²) in [6.45, 7) is 15.6. The molecule has 0 saturated carbocycles. The second-order valence-corrected chi connectivity index (χ2v) is 9.00. The van der Waals surface area contributed by atoms with Crippen molar-refractivity contribution in [1.29, 1.82) is 0 Å². The molecule has 3 nitrogen and oxygen atoms in total. The fraction of sp³-hybridized carbons (Fsp3) is 0.769. The smallest absolute Gasteiger partial charge is 0.316 e. The summed E-state index contributed by atoms with van der Waals surface area (Å²) >= 11 is 0. The minimum Gasteiger partial charge on any atom is -0.393 e. The topological polar surface area (TPSA) is 43.4 Å². The molecule has 0 N–H and O–H groups in total. The molecule has 0 rings (SSSR count). The lowest BCUT2D eigenvalue weighted by Gasteiger charge is -2.22. The molecule has 0 heterocycles. The number of rotatable bonds is 18. The van der Waals surface area contributed by atoms with Gasteiger partial charge >= 0.3 is 11.9 Å². The zero-order valence-electron chi connectivity index (χ0n) is 19.6. The number of carbonyl (C=O) groups is 2. The lowest BCUT2D eigenvalue weighted by atomic mass is 9.89. The Bertz CT molecular complexity index is 423. The van der Waals surface area contributed by atoms with Crippen LogP contribution in [0.1, 0.15) is 105 Å². The summed E-state index contributed by atoms with van der Waals surface area (Å²) in [7, 11) is 0. The molecule has 0 spiro atoms. The molecule has 2 unspecified atom stereocenters. The fourth-order valence-electron chi connectivity index (χ4n) is 3.71. The fourth-order valence-corrected chi connectivity index (χ4v) is 3.71. The van der Waals surface area contributed by atoms with E-state index in [2.05, 4.69) is 13.2 Å². The van der Waals surface area contributed by atoms with Crippen LogP contribution in [0, 0.1) is 23.7 Å². The predicted molar refractivity (Wildman–Crippen MR) is 124 cm³/mol. The summed E-state index contributed by atoms with van der Waals surface area (Å²) in [6.07, 6.45) is 16.5. The van der Waals surface area contributed by atoms with E-state index < -0.39 is 0 Å². The molecule has 0 radical (unpaired) electrons. The Morgan fingerprint density at radius 1 is 0.655 bits per heavy atom. The number of allylic oxidation sites excluding steroid dienone is 2. The van der Waals surface area contributed by atoms with Crippen LogP contribution in [0.4, 0.5) is 0 Å². The van der Waals surface area contributed by atoms with Gasteiger partial charge in [0.05, 0.1) is 11.8 Å². The number of ether oxygens (including phenoxy) is 1. The Morgan fingerprint density at radius 2 is 1.00 bits per heavy atom. The highest BCUT2D eigenvalue weighted by molar-refractivity contribution is 5.88. The molecule has 0 aliphatic carbocycles. The second kappa shape index (κ2) is 17.5. The van der Waals surface area contributed by atoms with Gasteiger partial charge in [0.15, 0.2) is 0 Å². The largest absolute Gasteiger partial charge is 0.393 e. The lowest BCUT2D eigenvalue weighted by Crippen LogP contribution is -2.30. The Labute approximate surface area is 180 Å². The molecule has 0 aromatic rings. The van der Waals surface area contributed by atoms with Crippen molar-refractivity contribution in [2.45, 2.75) is 105 Å². The van der Waals surface area contributed by atoms with Gasteiger partial charge in [0.2, 0.25) is 0 Å². The van der Waals surface area contributed by atoms with Crippen molar-refractivity contribution in [2.24, 2.45) is 23.7 Å². The van der Waals surface area contributed by atoms with Crippen molar-refractivity contribution >= 4 is 11.9 Å². The van der Waals surface area contributed by atoms with Gasteiger partial charge in [-0.05, 0) is 50.4 Å². The quantitative estimate of drug-likeness (QED) is 0.102. The zero-order valence-corrected chi connectivity index (χ0v) is 19.6. The van der Waals surface area contributed by atoms with Gasteiger partial charge < -0.3 is 4.74 Å². The van der Waals surface area contributed by atoms with Crippen molar-refractivity contribution in [3.8, 4) is 0 Å². The highest BCUT2D eigenvalue weighted by Gasteiger charge is 2.30. The molecule has 168 valence electrons. The van der Waals surface area contributed by atoms with Gasteiger partial charge in [-0.3, -0.25) is 9.59 Å². The van der Waals surface area contributed by atoms with Crippen molar-refractivity contribution < 1.29 is 14.3 Å². The minimum absolute atomic E-state index is 0.186. The molecule has 0 aromatic carbocycles. The normalized spacial score (nSPS) is 13.3. The first-order chi connectivity index (χ1) is 13.8. The van der Waals surface area contributed by atoms with Gasteiger partial charge in [-0.15, -0.1) is 13.2 Å². The van der Waals surface area contributed by atoms with Crippen LogP contribution in [0.25, 0.3) is 0 Å². The molecular formula is C26H46O3. The van der Waals surface area contributed by atoms with Crippen LogP contribution in [-0.4, -0.2) is 11.9 Å². The summed E-state index contributed by atoms with van der Waals surface area (Å²) in [4.78, 5) is 25.3. The molecule has 3 heteroatoms. The zero-order chi connectivity index (χ0) is 22.1. The molecule has 2 atom stereocenters. The molecule has 0 saturated heterocycles. The maximum absolute atomic E-state index is 12.7. The van der Waals surface area contributed by atoms with Crippen molar-refractivity contribution in [3.05, 3.63) is 25.3 Å². The average Bonchev–Trinajstić information content (AvgIpc) is 2.65. The van der Waals surface area contributed by atoms with Crippen LogP contribution < -0.4 is 0 Å². The average molecular weight is 407 g/mol. The Morgan fingerprint density at radius 3 is 1.31 bits per heavy atom. The Hall–Kier alpha value is -1.38. The van der Waals surface area contributed by atoms with E-state index in [-0.39, 0.29) is 35.6 Å². The molecule has 0 aromatic heterocycles. The maximum atomic E-state index is 12.7. The van der Waals surface area contributed by atoms with E-state index in [1.54, 1.807) is 0 Å². The first-order valence-corrected chi connectivity index (χ1v) is 11.8. The van der Waals surface area contributed by atoms with Crippen molar-refractivity contribution in [2.75, 3.05) is 0 Å². The third-order valence-electron chi connectivity index (χ3n) is 5.76. The van der Waals surface area contributed by atoms with Crippen LogP contribution >= 0.6 is 0 Å². The monoisotopic (exact) mass is 406 g/mol. The number of hydrogen-bond acceptors (Lipinski definition) is 3. The number of carbonyl (C=O) groups excluding carboxylic acids is 2. The van der Waals surface area contributed by atoms with Gasteiger partial charge in [0.1, 0.15) is 0 Å². The molecule has 0 aliphatic heterocycles. The van der Waals surface area contributed by atoms with Crippen LogP contribution in [0.2, 0.25) is 0 Å². The summed E-state index contributed by atoms with van der Waals surface area (Å²) < 4.78 is 5.38. The molecule has 29 heavy (non-hydrogen) atoms. The van der Waals surface area contributed by atoms with Gasteiger partial charge in [-0.25, -0.2) is 0 Å². The molecule has 0 fully saturated rings. The predicted octanol–water partition coefficient (Wildman–Crippen LogP) is 7.65. The molecule has 0 aliphatic rings. The highest BCUT2D eigenvalue weighted by Crippen LogP contribution is 2.25. The van der Waals surface area contributed by atoms with Crippen LogP contribution in [0.15, 0.2) is 25.3 Å². The van der Waals surface area contributed by atoms with E-state index in [1.165, 1.54) is 0 Å². The summed E-state index contributed by atoms with van der Waals surface area (Å²) in [6, 6.07) is 0. The Balaban J connectivity index is 4.48. The summed E-state index contributed by atoms with van der Waals surface area (Å²) in [5, 5.41) is 0. The second-order valence-electron chi connectivity index (χ2n) is 9.00. The highest BCUT2D eigenvalue weighted by atomic mass is 16.6. The third kappa shape index (κ3) is 13.5. The first kappa shape index (κ1) is 27.6. The number of esters is 2. The van der Waals surface area contributed by atoms with Gasteiger partial charge in [0, 0.05) is 0 Å². The van der Waals surface area contributed by atoms with E-state index in [0.29, 0.717) is 0 Å². The van der Waals surface area contributed by atoms with E-state index in [9.17, 15) is 9.59 Å². The van der Waals surface area contributed by atoms with E-state index in [1.807, 2.05) is 39.8 Å². The van der Waals surface area contributed by atoms with Gasteiger partial charge in [-0.2, -0.15) is 0 Å². The molecular weight excluding hydrogens is 360 g/mol. The number of unbranched alkanes of at least 4 members (excludes halogenated alkanes) is 8. The summed E-state index contributed by atoms with van der Waals surface area (Å²) in [5.74, 6) is -0.660. The van der Waals surface area contributed by atoms with Crippen molar-refractivity contribution in [1.82, 2.24) is 0 Å². The number of hydrogen-bond donors (Lipinski definition) is 0. The minimum atomic E-state index is -0.326. The van der Waals surface area contributed by atoms with Crippen LogP contribution in [0.5, 0.6) is 0 Å². The van der Waals surface area contributed by atoms with E-state index >= 15 is 0 Å². The maximum Gasteiger partial charge on any atom is 0.316 e. The van der Waals surface area contributed by atoms with Gasteiger partial charge in [0.25, 0.3) is 0 Å². The molecule has 0 bridgehead atoms. The Kier molecular flexibility index (Phi) is 16.6. The SMILES string of the molecule is C=CCCCCCCC(C(=O)OC(=O)C(CCCCCCC=C)C(C)C)C(C)C. The standard InChI is InChI=1S/C26H46O3/c1-7-9-11-13-15-17-19-23(21(3)4)25(27)29-26(28)24(22(5)6)20-18-16-14-12-10-8-2/h7-8,21-24H,1-2,9-20H2,3-6H3. The van der Waals surface area contributed by atoms with Crippen LogP contribution in [-0.2, 0) is 14.3 Å².